The Labute approximate surface area is 146 Å². The van der Waals surface area contributed by atoms with Crippen LogP contribution in [-0.4, -0.2) is 7.11 Å². The van der Waals surface area contributed by atoms with Crippen molar-refractivity contribution in [3.8, 4) is 28.4 Å². The molecule has 0 amide bonds. The van der Waals surface area contributed by atoms with Crippen molar-refractivity contribution in [3.63, 3.8) is 0 Å². The predicted molar refractivity (Wildman–Crippen MR) is 99.5 cm³/mol. The van der Waals surface area contributed by atoms with Crippen molar-refractivity contribution in [2.24, 2.45) is 0 Å². The highest BCUT2D eigenvalue weighted by Crippen LogP contribution is 2.32. The van der Waals surface area contributed by atoms with Crippen LogP contribution >= 0.6 is 0 Å². The molecule has 0 bridgehead atoms. The molecule has 124 valence electrons. The van der Waals surface area contributed by atoms with E-state index >= 15 is 0 Å². The van der Waals surface area contributed by atoms with Crippen LogP contribution in [0, 0.1) is 6.92 Å². The van der Waals surface area contributed by atoms with E-state index in [1.807, 2.05) is 54.6 Å². The molecular weight excluding hydrogens is 312 g/mol. The molecule has 4 aromatic rings. The smallest absolute Gasteiger partial charge is 0.137 e. The van der Waals surface area contributed by atoms with Crippen LogP contribution in [0.15, 0.2) is 77.4 Å². The Kier molecular flexibility index (Phi) is 3.90. The lowest BCUT2D eigenvalue weighted by atomic mass is 10.0. The third-order valence-corrected chi connectivity index (χ3v) is 4.24. The van der Waals surface area contributed by atoms with E-state index in [0.29, 0.717) is 0 Å². The first-order valence-electron chi connectivity index (χ1n) is 8.13. The zero-order chi connectivity index (χ0) is 17.2. The number of ether oxygens (including phenoxy) is 2. The summed E-state index contributed by atoms with van der Waals surface area (Å²) < 4.78 is 16.7. The van der Waals surface area contributed by atoms with Crippen molar-refractivity contribution >= 4 is 11.0 Å². The quantitative estimate of drug-likeness (QED) is 0.446. The van der Waals surface area contributed by atoms with Crippen LogP contribution in [0.4, 0.5) is 0 Å². The van der Waals surface area contributed by atoms with Gasteiger partial charge in [-0.2, -0.15) is 0 Å². The van der Waals surface area contributed by atoms with E-state index in [2.05, 4.69) is 19.1 Å². The number of hydrogen-bond acceptors (Lipinski definition) is 3. The molecule has 0 N–H and O–H groups in total. The second-order valence-corrected chi connectivity index (χ2v) is 5.93. The lowest BCUT2D eigenvalue weighted by Gasteiger charge is -2.11. The maximum atomic E-state index is 6.02. The van der Waals surface area contributed by atoms with Gasteiger partial charge in [0.1, 0.15) is 22.8 Å². The molecule has 0 unspecified atom stereocenters. The Balaban J connectivity index is 1.65. The Morgan fingerprint density at radius 1 is 0.800 bits per heavy atom. The molecule has 0 saturated carbocycles. The van der Waals surface area contributed by atoms with Gasteiger partial charge in [0.15, 0.2) is 0 Å². The molecule has 3 nitrogen and oxygen atoms in total. The number of furan rings is 1. The van der Waals surface area contributed by atoms with E-state index in [9.17, 15) is 0 Å². The SMILES string of the molecule is COc1ccc(-c2cccc(Oc3ccc4ccoc4c3)c2)c(C)c1. The summed E-state index contributed by atoms with van der Waals surface area (Å²) in [4.78, 5) is 0. The van der Waals surface area contributed by atoms with Gasteiger partial charge in [-0.1, -0.05) is 18.2 Å². The van der Waals surface area contributed by atoms with Gasteiger partial charge in [-0.25, -0.2) is 0 Å². The molecule has 1 aromatic heterocycles. The van der Waals surface area contributed by atoms with Gasteiger partial charge >= 0.3 is 0 Å². The van der Waals surface area contributed by atoms with E-state index in [-0.39, 0.29) is 0 Å². The molecule has 3 heteroatoms. The van der Waals surface area contributed by atoms with Crippen LogP contribution in [0.1, 0.15) is 5.56 Å². The first-order chi connectivity index (χ1) is 12.2. The summed E-state index contributed by atoms with van der Waals surface area (Å²) in [7, 11) is 1.68. The first-order valence-corrected chi connectivity index (χ1v) is 8.13. The average Bonchev–Trinajstić information content (AvgIpc) is 3.09. The molecule has 3 aromatic carbocycles. The molecule has 1 heterocycles. The van der Waals surface area contributed by atoms with Gasteiger partial charge in [0.05, 0.1) is 13.4 Å². The Bertz CT molecular complexity index is 1030. The van der Waals surface area contributed by atoms with Gasteiger partial charge in [0, 0.05) is 11.5 Å². The molecule has 0 aliphatic carbocycles. The zero-order valence-corrected chi connectivity index (χ0v) is 14.2. The van der Waals surface area contributed by atoms with Gasteiger partial charge in [-0.05, 0) is 66.1 Å². The van der Waals surface area contributed by atoms with Crippen LogP contribution in [0.5, 0.6) is 17.2 Å². The van der Waals surface area contributed by atoms with Crippen molar-refractivity contribution in [1.29, 1.82) is 0 Å². The second-order valence-electron chi connectivity index (χ2n) is 5.93. The lowest BCUT2D eigenvalue weighted by Crippen LogP contribution is -1.89. The lowest BCUT2D eigenvalue weighted by molar-refractivity contribution is 0.414. The summed E-state index contributed by atoms with van der Waals surface area (Å²) in [6.45, 7) is 2.08. The normalized spacial score (nSPS) is 10.8. The Morgan fingerprint density at radius 3 is 2.48 bits per heavy atom. The van der Waals surface area contributed by atoms with E-state index in [1.54, 1.807) is 13.4 Å². The number of rotatable bonds is 4. The minimum atomic E-state index is 0.756. The third-order valence-electron chi connectivity index (χ3n) is 4.24. The summed E-state index contributed by atoms with van der Waals surface area (Å²) in [6.07, 6.45) is 1.68. The Morgan fingerprint density at radius 2 is 1.64 bits per heavy atom. The summed E-state index contributed by atoms with van der Waals surface area (Å²) in [5.41, 5.74) is 4.25. The molecule has 0 radical (unpaired) electrons. The van der Waals surface area contributed by atoms with Crippen molar-refractivity contribution in [3.05, 3.63) is 78.6 Å². The largest absolute Gasteiger partial charge is 0.497 e. The van der Waals surface area contributed by atoms with Gasteiger partial charge < -0.3 is 13.9 Å². The molecule has 0 fully saturated rings. The summed E-state index contributed by atoms with van der Waals surface area (Å²) in [5.74, 6) is 2.41. The summed E-state index contributed by atoms with van der Waals surface area (Å²) in [5, 5.41) is 1.06. The Hall–Kier alpha value is -3.20. The monoisotopic (exact) mass is 330 g/mol. The van der Waals surface area contributed by atoms with Gasteiger partial charge in [-0.3, -0.25) is 0 Å². The fourth-order valence-corrected chi connectivity index (χ4v) is 2.95. The highest BCUT2D eigenvalue weighted by atomic mass is 16.5. The maximum absolute atomic E-state index is 6.02. The number of hydrogen-bond donors (Lipinski definition) is 0. The van der Waals surface area contributed by atoms with E-state index in [4.69, 9.17) is 13.9 Å². The highest BCUT2D eigenvalue weighted by Gasteiger charge is 2.06. The predicted octanol–water partition coefficient (Wildman–Crippen LogP) is 6.21. The van der Waals surface area contributed by atoms with Crippen LogP contribution < -0.4 is 9.47 Å². The van der Waals surface area contributed by atoms with E-state index < -0.39 is 0 Å². The summed E-state index contributed by atoms with van der Waals surface area (Å²) >= 11 is 0. The van der Waals surface area contributed by atoms with Crippen LogP contribution in [0.25, 0.3) is 22.1 Å². The molecule has 0 atom stereocenters. The third kappa shape index (κ3) is 3.09. The molecule has 25 heavy (non-hydrogen) atoms. The number of fused-ring (bicyclic) bond motifs is 1. The van der Waals surface area contributed by atoms with Crippen molar-refractivity contribution in [1.82, 2.24) is 0 Å². The van der Waals surface area contributed by atoms with Crippen LogP contribution in [-0.2, 0) is 0 Å². The van der Waals surface area contributed by atoms with Crippen LogP contribution in [0.2, 0.25) is 0 Å². The van der Waals surface area contributed by atoms with Crippen molar-refractivity contribution in [2.75, 3.05) is 7.11 Å². The van der Waals surface area contributed by atoms with Gasteiger partial charge in [0.2, 0.25) is 0 Å². The fraction of sp³-hybridized carbons (Fsp3) is 0.0909. The molecule has 4 rings (SSSR count). The zero-order valence-electron chi connectivity index (χ0n) is 14.2. The second kappa shape index (κ2) is 6.36. The standard InChI is InChI=1S/C22H18O3/c1-15-12-18(23-2)8-9-21(15)17-4-3-5-19(13-17)25-20-7-6-16-10-11-24-22(16)14-20/h3-14H,1-2H3. The molecule has 0 aliphatic rings. The minimum absolute atomic E-state index is 0.756. The van der Waals surface area contributed by atoms with Gasteiger partial charge in [-0.15, -0.1) is 0 Å². The minimum Gasteiger partial charge on any atom is -0.497 e. The van der Waals surface area contributed by atoms with Crippen LogP contribution in [0.3, 0.4) is 0 Å². The number of benzene rings is 3. The van der Waals surface area contributed by atoms with Crippen molar-refractivity contribution in [2.45, 2.75) is 6.92 Å². The fourth-order valence-electron chi connectivity index (χ4n) is 2.95. The summed E-state index contributed by atoms with van der Waals surface area (Å²) in [6, 6.07) is 21.9. The molecule has 0 saturated heterocycles. The molecule has 0 aliphatic heterocycles. The highest BCUT2D eigenvalue weighted by molar-refractivity contribution is 5.78. The number of aryl methyl sites for hydroxylation is 1. The van der Waals surface area contributed by atoms with Crippen molar-refractivity contribution < 1.29 is 13.9 Å². The van der Waals surface area contributed by atoms with E-state index in [0.717, 1.165) is 44.9 Å². The number of methoxy groups -OCH3 is 1. The topological polar surface area (TPSA) is 31.6 Å². The van der Waals surface area contributed by atoms with Gasteiger partial charge in [0.25, 0.3) is 0 Å². The van der Waals surface area contributed by atoms with E-state index in [1.165, 1.54) is 0 Å². The maximum Gasteiger partial charge on any atom is 0.137 e. The first kappa shape index (κ1) is 15.3. The molecule has 0 spiro atoms. The molecular formula is C22H18O3. The average molecular weight is 330 g/mol.